The lowest BCUT2D eigenvalue weighted by molar-refractivity contribution is 0.0525. The van der Waals surface area contributed by atoms with Crippen LogP contribution < -0.4 is 5.73 Å². The molecule has 2 aromatic rings. The number of rotatable bonds is 4. The van der Waals surface area contributed by atoms with Crippen molar-refractivity contribution in [3.63, 3.8) is 0 Å². The molecular weight excluding hydrogens is 276 g/mol. The minimum Gasteiger partial charge on any atom is -0.465 e. The van der Waals surface area contributed by atoms with E-state index in [2.05, 4.69) is 14.8 Å². The molecule has 2 aromatic heterocycles. The standard InChI is InChI=1S/C13H14N4O4/c1-3-21-12(18)8-6-16-17(7-8)11-10(14)9(4-5-15-11)13(19)20-2/h4-7H,3,14H2,1-2H3. The fourth-order valence-corrected chi connectivity index (χ4v) is 1.69. The number of carbonyl (C=O) groups is 2. The Balaban J connectivity index is 2.39. The van der Waals surface area contributed by atoms with Crippen LogP contribution in [0.4, 0.5) is 5.69 Å². The van der Waals surface area contributed by atoms with Crippen molar-refractivity contribution < 1.29 is 19.1 Å². The van der Waals surface area contributed by atoms with Crippen molar-refractivity contribution in [3.05, 3.63) is 35.8 Å². The fourth-order valence-electron chi connectivity index (χ4n) is 1.69. The molecule has 8 nitrogen and oxygen atoms in total. The van der Waals surface area contributed by atoms with Crippen LogP contribution in [0.25, 0.3) is 5.82 Å². The quantitative estimate of drug-likeness (QED) is 0.830. The Labute approximate surface area is 120 Å². The Morgan fingerprint density at radius 2 is 2.14 bits per heavy atom. The number of aromatic nitrogens is 3. The molecule has 0 unspecified atom stereocenters. The van der Waals surface area contributed by atoms with E-state index < -0.39 is 11.9 Å². The van der Waals surface area contributed by atoms with E-state index in [4.69, 9.17) is 10.5 Å². The van der Waals surface area contributed by atoms with Gasteiger partial charge >= 0.3 is 11.9 Å². The number of pyridine rings is 1. The Morgan fingerprint density at radius 3 is 2.81 bits per heavy atom. The molecule has 0 spiro atoms. The second-order valence-electron chi connectivity index (χ2n) is 3.98. The first kappa shape index (κ1) is 14.5. The molecule has 0 atom stereocenters. The van der Waals surface area contributed by atoms with Crippen molar-refractivity contribution in [2.24, 2.45) is 0 Å². The van der Waals surface area contributed by atoms with Crippen LogP contribution in [0.5, 0.6) is 0 Å². The van der Waals surface area contributed by atoms with E-state index in [0.29, 0.717) is 0 Å². The van der Waals surface area contributed by atoms with Crippen LogP contribution in [-0.4, -0.2) is 40.4 Å². The minimum atomic E-state index is -0.575. The number of nitrogens with zero attached hydrogens (tertiary/aromatic N) is 3. The monoisotopic (exact) mass is 290 g/mol. The van der Waals surface area contributed by atoms with Crippen molar-refractivity contribution in [1.82, 2.24) is 14.8 Å². The SMILES string of the molecule is CCOC(=O)c1cnn(-c2nccc(C(=O)OC)c2N)c1. The van der Waals surface area contributed by atoms with Crippen LogP contribution in [0.1, 0.15) is 27.6 Å². The van der Waals surface area contributed by atoms with Gasteiger partial charge in [0.25, 0.3) is 0 Å². The smallest absolute Gasteiger partial charge is 0.341 e. The fraction of sp³-hybridized carbons (Fsp3) is 0.231. The maximum absolute atomic E-state index is 11.6. The van der Waals surface area contributed by atoms with E-state index in [9.17, 15) is 9.59 Å². The number of hydrogen-bond donors (Lipinski definition) is 1. The summed E-state index contributed by atoms with van der Waals surface area (Å²) in [4.78, 5) is 27.2. The van der Waals surface area contributed by atoms with Crippen molar-refractivity contribution in [2.75, 3.05) is 19.5 Å². The molecule has 0 radical (unpaired) electrons. The number of nitrogen functional groups attached to an aromatic ring is 1. The summed E-state index contributed by atoms with van der Waals surface area (Å²) in [6, 6.07) is 1.44. The van der Waals surface area contributed by atoms with E-state index >= 15 is 0 Å². The first-order chi connectivity index (χ1) is 10.1. The number of nitrogens with two attached hydrogens (primary N) is 1. The second kappa shape index (κ2) is 6.04. The summed E-state index contributed by atoms with van der Waals surface area (Å²) in [5.74, 6) is -0.839. The van der Waals surface area contributed by atoms with Gasteiger partial charge in [-0.3, -0.25) is 0 Å². The molecule has 0 saturated heterocycles. The van der Waals surface area contributed by atoms with Gasteiger partial charge in [0.15, 0.2) is 5.82 Å². The van der Waals surface area contributed by atoms with Gasteiger partial charge in [0.1, 0.15) is 0 Å². The Morgan fingerprint density at radius 1 is 1.38 bits per heavy atom. The number of methoxy groups -OCH3 is 1. The molecule has 0 aliphatic heterocycles. The molecule has 110 valence electrons. The van der Waals surface area contributed by atoms with Crippen LogP contribution >= 0.6 is 0 Å². The average Bonchev–Trinajstić information content (AvgIpc) is 2.96. The van der Waals surface area contributed by atoms with Gasteiger partial charge in [-0.05, 0) is 13.0 Å². The molecule has 0 aliphatic rings. The molecule has 8 heteroatoms. The van der Waals surface area contributed by atoms with Crippen LogP contribution in [0.2, 0.25) is 0 Å². The van der Waals surface area contributed by atoms with Gasteiger partial charge in [-0.1, -0.05) is 0 Å². The molecule has 0 amide bonds. The highest BCUT2D eigenvalue weighted by molar-refractivity contribution is 5.96. The maximum atomic E-state index is 11.6. The summed E-state index contributed by atoms with van der Waals surface area (Å²) in [5, 5.41) is 4.00. The number of ether oxygens (including phenoxy) is 2. The topological polar surface area (TPSA) is 109 Å². The first-order valence-corrected chi connectivity index (χ1v) is 6.13. The number of anilines is 1. The summed E-state index contributed by atoms with van der Waals surface area (Å²) in [6.45, 7) is 1.98. The summed E-state index contributed by atoms with van der Waals surface area (Å²) >= 11 is 0. The van der Waals surface area contributed by atoms with Gasteiger partial charge in [-0.2, -0.15) is 5.10 Å². The van der Waals surface area contributed by atoms with Gasteiger partial charge in [-0.15, -0.1) is 0 Å². The predicted molar refractivity (Wildman–Crippen MR) is 73.1 cm³/mol. The van der Waals surface area contributed by atoms with E-state index in [-0.39, 0.29) is 29.2 Å². The number of carbonyl (C=O) groups excluding carboxylic acids is 2. The minimum absolute atomic E-state index is 0.114. The molecule has 0 saturated carbocycles. The van der Waals surface area contributed by atoms with Crippen LogP contribution in [0.3, 0.4) is 0 Å². The van der Waals surface area contributed by atoms with Gasteiger partial charge in [0, 0.05) is 12.4 Å². The highest BCUT2D eigenvalue weighted by Crippen LogP contribution is 2.19. The van der Waals surface area contributed by atoms with Gasteiger partial charge < -0.3 is 15.2 Å². The predicted octanol–water partition coefficient (Wildman–Crippen LogP) is 0.813. The third-order valence-corrected chi connectivity index (χ3v) is 2.69. The summed E-state index contributed by atoms with van der Waals surface area (Å²) < 4.78 is 10.8. The van der Waals surface area contributed by atoms with Crippen molar-refractivity contribution >= 4 is 17.6 Å². The number of esters is 2. The molecule has 0 aliphatic carbocycles. The normalized spacial score (nSPS) is 10.2. The van der Waals surface area contributed by atoms with Crippen molar-refractivity contribution in [1.29, 1.82) is 0 Å². The van der Waals surface area contributed by atoms with E-state index in [1.807, 2.05) is 0 Å². The Kier molecular flexibility index (Phi) is 4.17. The largest absolute Gasteiger partial charge is 0.465 e. The second-order valence-corrected chi connectivity index (χ2v) is 3.98. The van der Waals surface area contributed by atoms with Gasteiger partial charge in [0.05, 0.1) is 36.7 Å². The zero-order valence-corrected chi connectivity index (χ0v) is 11.6. The summed E-state index contributed by atoms with van der Waals surface area (Å²) in [6.07, 6.45) is 4.17. The molecule has 0 bridgehead atoms. The highest BCUT2D eigenvalue weighted by Gasteiger charge is 2.17. The third kappa shape index (κ3) is 2.83. The maximum Gasteiger partial charge on any atom is 0.341 e. The third-order valence-electron chi connectivity index (χ3n) is 2.69. The molecule has 0 fully saturated rings. The average molecular weight is 290 g/mol. The Hall–Kier alpha value is -2.90. The molecule has 2 rings (SSSR count). The number of hydrogen-bond acceptors (Lipinski definition) is 7. The molecule has 0 aromatic carbocycles. The molecule has 2 heterocycles. The lowest BCUT2D eigenvalue weighted by atomic mass is 10.2. The van der Waals surface area contributed by atoms with Crippen molar-refractivity contribution in [2.45, 2.75) is 6.92 Å². The van der Waals surface area contributed by atoms with E-state index in [1.54, 1.807) is 6.92 Å². The molecular formula is C13H14N4O4. The van der Waals surface area contributed by atoms with Gasteiger partial charge in [-0.25, -0.2) is 19.3 Å². The highest BCUT2D eigenvalue weighted by atomic mass is 16.5. The summed E-state index contributed by atoms with van der Waals surface area (Å²) in [7, 11) is 1.26. The van der Waals surface area contributed by atoms with Crippen LogP contribution in [0.15, 0.2) is 24.7 Å². The lowest BCUT2D eigenvalue weighted by Gasteiger charge is -2.08. The van der Waals surface area contributed by atoms with E-state index in [1.165, 1.54) is 36.4 Å². The molecule has 21 heavy (non-hydrogen) atoms. The van der Waals surface area contributed by atoms with Crippen molar-refractivity contribution in [3.8, 4) is 5.82 Å². The lowest BCUT2D eigenvalue weighted by Crippen LogP contribution is -2.11. The van der Waals surface area contributed by atoms with Crippen LogP contribution in [-0.2, 0) is 9.47 Å². The zero-order valence-electron chi connectivity index (χ0n) is 11.6. The Bertz CT molecular complexity index is 681. The van der Waals surface area contributed by atoms with Crippen LogP contribution in [0, 0.1) is 0 Å². The zero-order chi connectivity index (χ0) is 15.4. The summed E-state index contributed by atoms with van der Waals surface area (Å²) in [5.41, 5.74) is 6.45. The molecule has 2 N–H and O–H groups in total. The van der Waals surface area contributed by atoms with E-state index in [0.717, 1.165) is 0 Å². The van der Waals surface area contributed by atoms with Gasteiger partial charge in [0.2, 0.25) is 0 Å². The first-order valence-electron chi connectivity index (χ1n) is 6.13.